The number of hydrogen-bond acceptors (Lipinski definition) is 3. The lowest BCUT2D eigenvalue weighted by Crippen LogP contribution is -2.13. The van der Waals surface area contributed by atoms with Crippen molar-refractivity contribution in [2.45, 2.75) is 0 Å². The Morgan fingerprint density at radius 3 is 2.74 bits per heavy atom. The molecule has 1 aromatic heterocycles. The fourth-order valence-corrected chi connectivity index (χ4v) is 2.77. The number of pyridine rings is 1. The van der Waals surface area contributed by atoms with E-state index in [0.717, 1.165) is 8.04 Å². The minimum Gasteiger partial charge on any atom is -0.320 e. The second-order valence-electron chi connectivity index (χ2n) is 3.62. The highest BCUT2D eigenvalue weighted by atomic mass is 127. The van der Waals surface area contributed by atoms with Crippen LogP contribution in [-0.4, -0.2) is 10.9 Å². The van der Waals surface area contributed by atoms with Gasteiger partial charge in [-0.25, -0.2) is 4.98 Å². The van der Waals surface area contributed by atoms with Gasteiger partial charge in [-0.2, -0.15) is 5.26 Å². The summed E-state index contributed by atoms with van der Waals surface area (Å²) >= 11 is 5.58. The molecule has 2 rings (SSSR count). The summed E-state index contributed by atoms with van der Waals surface area (Å²) in [5.41, 5.74) is 1.37. The van der Waals surface area contributed by atoms with Crippen molar-refractivity contribution in [1.82, 2.24) is 4.98 Å². The molecule has 1 heterocycles. The Kier molecular flexibility index (Phi) is 4.50. The number of carbonyl (C=O) groups is 1. The highest BCUT2D eigenvalue weighted by molar-refractivity contribution is 14.1. The van der Waals surface area contributed by atoms with Crippen LogP contribution in [-0.2, 0) is 0 Å². The maximum Gasteiger partial charge on any atom is 0.274 e. The summed E-state index contributed by atoms with van der Waals surface area (Å²) in [4.78, 5) is 15.9. The minimum absolute atomic E-state index is 0.268. The van der Waals surface area contributed by atoms with Gasteiger partial charge in [-0.15, -0.1) is 0 Å². The Morgan fingerprint density at radius 2 is 2.16 bits per heavy atom. The highest BCUT2D eigenvalue weighted by Gasteiger charge is 2.09. The summed E-state index contributed by atoms with van der Waals surface area (Å²) in [7, 11) is 0. The topological polar surface area (TPSA) is 65.8 Å². The standard InChI is InChI=1S/C13H7BrIN3O/c14-10-5-9(15)2-4-11(10)18-13(19)12-3-1-8(6-16)7-17-12/h1-5,7H,(H,18,19). The van der Waals surface area contributed by atoms with Crippen molar-refractivity contribution in [2.75, 3.05) is 5.32 Å². The lowest BCUT2D eigenvalue weighted by atomic mass is 10.2. The van der Waals surface area contributed by atoms with Crippen molar-refractivity contribution in [3.05, 3.63) is 55.8 Å². The van der Waals surface area contributed by atoms with E-state index in [1.165, 1.54) is 12.3 Å². The zero-order chi connectivity index (χ0) is 13.8. The van der Waals surface area contributed by atoms with Crippen LogP contribution in [0, 0.1) is 14.9 Å². The number of hydrogen-bond donors (Lipinski definition) is 1. The first-order valence-electron chi connectivity index (χ1n) is 5.22. The van der Waals surface area contributed by atoms with Gasteiger partial charge < -0.3 is 5.32 Å². The smallest absolute Gasteiger partial charge is 0.274 e. The van der Waals surface area contributed by atoms with Crippen LogP contribution < -0.4 is 5.32 Å². The van der Waals surface area contributed by atoms with Crippen molar-refractivity contribution >= 4 is 50.1 Å². The van der Waals surface area contributed by atoms with Gasteiger partial charge in [0.15, 0.2) is 0 Å². The van der Waals surface area contributed by atoms with Crippen LogP contribution >= 0.6 is 38.5 Å². The first-order valence-corrected chi connectivity index (χ1v) is 7.10. The van der Waals surface area contributed by atoms with E-state index in [9.17, 15) is 4.79 Å². The molecule has 0 fully saturated rings. The third-order valence-electron chi connectivity index (χ3n) is 2.30. The van der Waals surface area contributed by atoms with Gasteiger partial charge in [0.1, 0.15) is 11.8 Å². The van der Waals surface area contributed by atoms with Crippen molar-refractivity contribution < 1.29 is 4.79 Å². The summed E-state index contributed by atoms with van der Waals surface area (Å²) in [6, 6.07) is 10.7. The molecule has 1 aromatic carbocycles. The van der Waals surface area contributed by atoms with Crippen LogP contribution in [0.5, 0.6) is 0 Å². The van der Waals surface area contributed by atoms with Crippen LogP contribution in [0.4, 0.5) is 5.69 Å². The fourth-order valence-electron chi connectivity index (χ4n) is 1.37. The Hall–Kier alpha value is -1.46. The summed E-state index contributed by atoms with van der Waals surface area (Å²) in [6.45, 7) is 0. The molecule has 0 unspecified atom stereocenters. The first-order chi connectivity index (χ1) is 9.10. The molecular formula is C13H7BrIN3O. The molecule has 0 bridgehead atoms. The largest absolute Gasteiger partial charge is 0.320 e. The monoisotopic (exact) mass is 427 g/mol. The normalized spacial score (nSPS) is 9.74. The van der Waals surface area contributed by atoms with E-state index in [1.807, 2.05) is 24.3 Å². The summed E-state index contributed by atoms with van der Waals surface area (Å²) in [6.07, 6.45) is 1.37. The van der Waals surface area contributed by atoms with E-state index in [-0.39, 0.29) is 11.6 Å². The third kappa shape index (κ3) is 3.52. The van der Waals surface area contributed by atoms with E-state index < -0.39 is 0 Å². The SMILES string of the molecule is N#Cc1ccc(C(=O)Nc2ccc(I)cc2Br)nc1. The Labute approximate surface area is 132 Å². The van der Waals surface area contributed by atoms with Crippen molar-refractivity contribution in [1.29, 1.82) is 5.26 Å². The molecule has 94 valence electrons. The molecule has 1 N–H and O–H groups in total. The predicted molar refractivity (Wildman–Crippen MR) is 83.8 cm³/mol. The summed E-state index contributed by atoms with van der Waals surface area (Å²) < 4.78 is 1.88. The summed E-state index contributed by atoms with van der Waals surface area (Å²) in [5, 5.41) is 11.4. The van der Waals surface area contributed by atoms with Gasteiger partial charge in [-0.05, 0) is 68.9 Å². The number of carbonyl (C=O) groups excluding carboxylic acids is 1. The Balaban J connectivity index is 2.18. The van der Waals surface area contributed by atoms with Crippen LogP contribution in [0.3, 0.4) is 0 Å². The molecule has 0 saturated heterocycles. The predicted octanol–water partition coefficient (Wildman–Crippen LogP) is 3.57. The molecule has 0 aliphatic heterocycles. The number of anilines is 1. The maximum atomic E-state index is 12.0. The van der Waals surface area contributed by atoms with Gasteiger partial charge in [-0.3, -0.25) is 4.79 Å². The number of benzene rings is 1. The first kappa shape index (κ1) is 14.0. The molecule has 0 radical (unpaired) electrons. The molecule has 0 spiro atoms. The minimum atomic E-state index is -0.314. The Bertz CT molecular complexity index is 665. The van der Waals surface area contributed by atoms with Gasteiger partial charge in [0, 0.05) is 14.2 Å². The number of nitrogens with zero attached hydrogens (tertiary/aromatic N) is 2. The number of rotatable bonds is 2. The molecule has 0 aliphatic rings. The van der Waals surface area contributed by atoms with Crippen molar-refractivity contribution in [2.24, 2.45) is 0 Å². The van der Waals surface area contributed by atoms with E-state index in [1.54, 1.807) is 6.07 Å². The molecule has 0 atom stereocenters. The molecule has 0 aliphatic carbocycles. The number of halogens is 2. The van der Waals surface area contributed by atoms with Crippen molar-refractivity contribution in [3.8, 4) is 6.07 Å². The number of nitriles is 1. The van der Waals surface area contributed by atoms with Crippen molar-refractivity contribution in [3.63, 3.8) is 0 Å². The molecular weight excluding hydrogens is 421 g/mol. The molecule has 1 amide bonds. The number of amides is 1. The van der Waals surface area contributed by atoms with E-state index in [0.29, 0.717) is 11.3 Å². The van der Waals surface area contributed by atoms with Crippen LogP contribution in [0.2, 0.25) is 0 Å². The van der Waals surface area contributed by atoms with Crippen LogP contribution in [0.15, 0.2) is 41.0 Å². The molecule has 2 aromatic rings. The lowest BCUT2D eigenvalue weighted by Gasteiger charge is -2.07. The zero-order valence-corrected chi connectivity index (χ0v) is 13.3. The quantitative estimate of drug-likeness (QED) is 0.745. The zero-order valence-electron chi connectivity index (χ0n) is 9.52. The van der Waals surface area contributed by atoms with E-state index >= 15 is 0 Å². The Morgan fingerprint density at radius 1 is 1.37 bits per heavy atom. The molecule has 0 saturated carbocycles. The maximum absolute atomic E-state index is 12.0. The van der Waals surface area contributed by atoms with E-state index in [2.05, 4.69) is 48.8 Å². The second kappa shape index (κ2) is 6.12. The molecule has 4 nitrogen and oxygen atoms in total. The number of aromatic nitrogens is 1. The van der Waals surface area contributed by atoms with Gasteiger partial charge in [0.05, 0.1) is 11.3 Å². The number of nitrogens with one attached hydrogen (secondary N) is 1. The van der Waals surface area contributed by atoms with Crippen LogP contribution in [0.25, 0.3) is 0 Å². The average molecular weight is 428 g/mol. The van der Waals surface area contributed by atoms with Gasteiger partial charge in [0.2, 0.25) is 0 Å². The summed E-state index contributed by atoms with van der Waals surface area (Å²) in [5.74, 6) is -0.314. The van der Waals surface area contributed by atoms with Gasteiger partial charge >= 0.3 is 0 Å². The molecule has 6 heteroatoms. The average Bonchev–Trinajstić information content (AvgIpc) is 2.42. The fraction of sp³-hybridized carbons (Fsp3) is 0. The lowest BCUT2D eigenvalue weighted by molar-refractivity contribution is 0.102. The van der Waals surface area contributed by atoms with Crippen LogP contribution in [0.1, 0.15) is 16.1 Å². The van der Waals surface area contributed by atoms with Gasteiger partial charge in [-0.1, -0.05) is 0 Å². The highest BCUT2D eigenvalue weighted by Crippen LogP contribution is 2.24. The molecule has 19 heavy (non-hydrogen) atoms. The van der Waals surface area contributed by atoms with Gasteiger partial charge in [0.25, 0.3) is 5.91 Å². The third-order valence-corrected chi connectivity index (χ3v) is 3.63. The van der Waals surface area contributed by atoms with E-state index in [4.69, 9.17) is 5.26 Å². The second-order valence-corrected chi connectivity index (χ2v) is 5.72.